The van der Waals surface area contributed by atoms with Gasteiger partial charge in [0.15, 0.2) is 6.23 Å². The van der Waals surface area contributed by atoms with Crippen molar-refractivity contribution in [1.82, 2.24) is 9.55 Å². The van der Waals surface area contributed by atoms with E-state index in [1.165, 1.54) is 13.1 Å². The summed E-state index contributed by atoms with van der Waals surface area (Å²) in [4.78, 5) is 38.0. The number of nitriles is 1. The normalized spacial score (nSPS) is 32.3. The number of hydrogen-bond donors (Lipinski definition) is 1. The lowest BCUT2D eigenvalue weighted by atomic mass is 9.84. The minimum Gasteiger partial charge on any atom is -0.462 e. The van der Waals surface area contributed by atoms with E-state index in [-0.39, 0.29) is 19.3 Å². The minimum atomic E-state index is -4.17. The topological polar surface area (TPSA) is 159 Å². The largest absolute Gasteiger partial charge is 0.475 e. The number of rotatable bonds is 6. The molecule has 3 heterocycles. The van der Waals surface area contributed by atoms with Gasteiger partial charge in [-0.3, -0.25) is 32.7 Å². The molecule has 2 aliphatic heterocycles. The molecule has 2 aliphatic rings. The van der Waals surface area contributed by atoms with Gasteiger partial charge in [-0.15, -0.1) is 0 Å². The maximum Gasteiger partial charge on any atom is 0.475 e. The molecule has 2 saturated heterocycles. The molecule has 1 aromatic rings. The number of fused-ring (bicyclic) bond motifs is 1. The zero-order chi connectivity index (χ0) is 23.9. The fraction of sp³-hybridized carbons (Fsp3) is 0.684. The van der Waals surface area contributed by atoms with Crippen LogP contribution in [0, 0.1) is 22.2 Å². The standard InChI is InChI=1S/C19H26N3O9P/c1-11(2)29-16(24)18(3,4)10-28-32(26)27-8-12-14(31-32)19(5,9-20)15(30-12)22-7-6-13(23)21-17(22)25/h6-7,11-12,14-15H,8,10H2,1-5H3,(H,21,23,25)/t12-,14-,15-,19-,32-/m1/s1. The number of aromatic amines is 1. The Morgan fingerprint density at radius 3 is 2.75 bits per heavy atom. The average molecular weight is 471 g/mol. The summed E-state index contributed by atoms with van der Waals surface area (Å²) in [6.45, 7) is 7.47. The molecule has 13 heteroatoms. The molecule has 12 nitrogen and oxygen atoms in total. The highest BCUT2D eigenvalue weighted by molar-refractivity contribution is 7.48. The van der Waals surface area contributed by atoms with E-state index in [0.29, 0.717) is 0 Å². The molecule has 0 aliphatic carbocycles. The first-order valence-electron chi connectivity index (χ1n) is 9.98. The third-order valence-electron chi connectivity index (χ3n) is 5.21. The predicted molar refractivity (Wildman–Crippen MR) is 108 cm³/mol. The molecular formula is C19H26N3O9P. The van der Waals surface area contributed by atoms with Crippen molar-refractivity contribution in [1.29, 1.82) is 5.26 Å². The number of nitrogens with zero attached hydrogens (tertiary/aromatic N) is 2. The second-order valence-electron chi connectivity index (χ2n) is 8.82. The number of hydrogen-bond acceptors (Lipinski definition) is 10. The molecule has 0 aromatic carbocycles. The lowest BCUT2D eigenvalue weighted by Gasteiger charge is -2.35. The van der Waals surface area contributed by atoms with Crippen LogP contribution in [-0.4, -0.2) is 47.0 Å². The highest BCUT2D eigenvalue weighted by Gasteiger charge is 2.61. The molecule has 0 unspecified atom stereocenters. The number of carbonyl (C=O) groups is 1. The Morgan fingerprint density at radius 2 is 2.16 bits per heavy atom. The van der Waals surface area contributed by atoms with Gasteiger partial charge in [-0.05, 0) is 34.6 Å². The number of esters is 1. The maximum absolute atomic E-state index is 13.1. The third kappa shape index (κ3) is 4.58. The number of H-pyrrole nitrogens is 1. The van der Waals surface area contributed by atoms with Gasteiger partial charge in [0.2, 0.25) is 0 Å². The third-order valence-corrected chi connectivity index (χ3v) is 6.60. The molecule has 1 aromatic heterocycles. The van der Waals surface area contributed by atoms with E-state index in [1.807, 2.05) is 0 Å². The Hall–Kier alpha value is -2.29. The van der Waals surface area contributed by atoms with Gasteiger partial charge in [0.25, 0.3) is 5.56 Å². The van der Waals surface area contributed by atoms with E-state index < -0.39 is 54.3 Å². The highest BCUT2D eigenvalue weighted by atomic mass is 31.2. The Labute approximate surface area is 184 Å². The van der Waals surface area contributed by atoms with E-state index in [1.54, 1.807) is 27.7 Å². The van der Waals surface area contributed by atoms with Crippen molar-refractivity contribution in [2.45, 2.75) is 59.2 Å². The summed E-state index contributed by atoms with van der Waals surface area (Å²) in [5.41, 5.74) is -3.98. The molecule has 0 amide bonds. The van der Waals surface area contributed by atoms with Crippen molar-refractivity contribution in [3.05, 3.63) is 33.1 Å². The number of phosphoric acid groups is 1. The minimum absolute atomic E-state index is 0.231. The van der Waals surface area contributed by atoms with Crippen LogP contribution in [0.4, 0.5) is 0 Å². The SMILES string of the molecule is CC(C)OC(=O)C(C)(C)CO[P@@]1(=O)OC[C@H]2O[C@@H](n3ccc(=O)[nH]c3=O)[C@](C)(C#N)[C@@H]2O1. The van der Waals surface area contributed by atoms with E-state index in [2.05, 4.69) is 11.1 Å². The van der Waals surface area contributed by atoms with Crippen LogP contribution in [0.3, 0.4) is 0 Å². The van der Waals surface area contributed by atoms with Gasteiger partial charge in [-0.2, -0.15) is 5.26 Å². The van der Waals surface area contributed by atoms with E-state index in [0.717, 1.165) is 10.6 Å². The molecular weight excluding hydrogens is 445 g/mol. The van der Waals surface area contributed by atoms with Gasteiger partial charge in [0.05, 0.1) is 30.8 Å². The van der Waals surface area contributed by atoms with Crippen LogP contribution in [0.2, 0.25) is 0 Å². The maximum atomic E-state index is 13.1. The lowest BCUT2D eigenvalue weighted by molar-refractivity contribution is -0.160. The van der Waals surface area contributed by atoms with Gasteiger partial charge in [-0.25, -0.2) is 9.36 Å². The summed E-state index contributed by atoms with van der Waals surface area (Å²) in [5.74, 6) is -0.544. The first-order valence-corrected chi connectivity index (χ1v) is 11.4. The first-order chi connectivity index (χ1) is 14.8. The smallest absolute Gasteiger partial charge is 0.462 e. The summed E-state index contributed by atoms with van der Waals surface area (Å²) in [5, 5.41) is 9.90. The number of carbonyl (C=O) groups excluding carboxylic acids is 1. The average Bonchev–Trinajstić information content (AvgIpc) is 2.98. The van der Waals surface area contributed by atoms with Gasteiger partial charge in [0.1, 0.15) is 17.6 Å². The molecule has 0 saturated carbocycles. The van der Waals surface area contributed by atoms with Crippen LogP contribution in [0.15, 0.2) is 21.9 Å². The summed E-state index contributed by atoms with van der Waals surface area (Å²) in [6, 6.07) is 3.19. The highest BCUT2D eigenvalue weighted by Crippen LogP contribution is 2.61. The van der Waals surface area contributed by atoms with E-state index >= 15 is 0 Å². The van der Waals surface area contributed by atoms with Gasteiger partial charge in [-0.1, -0.05) is 0 Å². The van der Waals surface area contributed by atoms with Gasteiger partial charge in [0, 0.05) is 12.3 Å². The Bertz CT molecular complexity index is 1090. The summed E-state index contributed by atoms with van der Waals surface area (Å²) in [7, 11) is -4.17. The molecule has 2 fully saturated rings. The van der Waals surface area contributed by atoms with Crippen molar-refractivity contribution < 1.29 is 32.4 Å². The summed E-state index contributed by atoms with van der Waals surface area (Å²) >= 11 is 0. The van der Waals surface area contributed by atoms with Crippen molar-refractivity contribution in [2.75, 3.05) is 13.2 Å². The van der Waals surface area contributed by atoms with Crippen molar-refractivity contribution in [3.8, 4) is 6.07 Å². The molecule has 3 rings (SSSR count). The monoisotopic (exact) mass is 471 g/mol. The van der Waals surface area contributed by atoms with Crippen LogP contribution in [-0.2, 0) is 32.4 Å². The van der Waals surface area contributed by atoms with Gasteiger partial charge >= 0.3 is 19.5 Å². The quantitative estimate of drug-likeness (QED) is 0.476. The molecule has 0 spiro atoms. The molecule has 176 valence electrons. The van der Waals surface area contributed by atoms with Crippen LogP contribution in [0.5, 0.6) is 0 Å². The van der Waals surface area contributed by atoms with Crippen LogP contribution in [0.25, 0.3) is 0 Å². The predicted octanol–water partition coefficient (Wildman–Crippen LogP) is 1.48. The molecule has 1 N–H and O–H groups in total. The fourth-order valence-electron chi connectivity index (χ4n) is 3.37. The van der Waals surface area contributed by atoms with Crippen LogP contribution >= 0.6 is 7.82 Å². The van der Waals surface area contributed by atoms with Crippen LogP contribution in [0.1, 0.15) is 40.8 Å². The number of phosphoric ester groups is 1. The second kappa shape index (κ2) is 8.57. The number of ether oxygens (including phenoxy) is 2. The van der Waals surface area contributed by atoms with Crippen molar-refractivity contribution in [2.24, 2.45) is 10.8 Å². The first kappa shape index (κ1) is 24.4. The Morgan fingerprint density at radius 1 is 1.47 bits per heavy atom. The molecule has 0 bridgehead atoms. The summed E-state index contributed by atoms with van der Waals surface area (Å²) in [6.07, 6.45) is -2.16. The van der Waals surface area contributed by atoms with Crippen molar-refractivity contribution >= 4 is 13.8 Å². The number of nitrogens with one attached hydrogen (secondary N) is 1. The Balaban J connectivity index is 1.80. The zero-order valence-corrected chi connectivity index (χ0v) is 19.3. The fourth-order valence-corrected chi connectivity index (χ4v) is 5.01. The number of aromatic nitrogens is 2. The van der Waals surface area contributed by atoms with Crippen molar-refractivity contribution in [3.63, 3.8) is 0 Å². The van der Waals surface area contributed by atoms with E-state index in [4.69, 9.17) is 23.0 Å². The summed E-state index contributed by atoms with van der Waals surface area (Å²) < 4.78 is 41.5. The van der Waals surface area contributed by atoms with Crippen LogP contribution < -0.4 is 11.2 Å². The van der Waals surface area contributed by atoms with Gasteiger partial charge < -0.3 is 9.47 Å². The van der Waals surface area contributed by atoms with E-state index in [9.17, 15) is 24.2 Å². The molecule has 32 heavy (non-hydrogen) atoms. The Kier molecular flexibility index (Phi) is 6.52. The zero-order valence-electron chi connectivity index (χ0n) is 18.4. The second-order valence-corrected chi connectivity index (χ2v) is 10.4. The molecule has 0 radical (unpaired) electrons. The lowest BCUT2D eigenvalue weighted by Crippen LogP contribution is -2.44. The molecule has 5 atom stereocenters.